The number of aryl methyl sites for hydroxylation is 1. The van der Waals surface area contributed by atoms with E-state index in [1.54, 1.807) is 7.11 Å². The van der Waals surface area contributed by atoms with Crippen molar-refractivity contribution < 1.29 is 9.26 Å². The van der Waals surface area contributed by atoms with Crippen LogP contribution in [0.3, 0.4) is 0 Å². The van der Waals surface area contributed by atoms with E-state index in [0.717, 1.165) is 24.6 Å². The Balaban J connectivity index is 1.94. The summed E-state index contributed by atoms with van der Waals surface area (Å²) in [4.78, 5) is 4.53. The monoisotopic (exact) mass is 281 g/mol. The minimum Gasteiger partial charge on any atom is -0.373 e. The zero-order valence-corrected chi connectivity index (χ0v) is 12.9. The van der Waals surface area contributed by atoms with Gasteiger partial charge in [-0.15, -0.1) is 0 Å². The van der Waals surface area contributed by atoms with E-state index in [9.17, 15) is 0 Å². The van der Waals surface area contributed by atoms with Crippen molar-refractivity contribution in [2.24, 2.45) is 5.92 Å². The lowest BCUT2D eigenvalue weighted by Crippen LogP contribution is -2.21. The first kappa shape index (κ1) is 15.4. The summed E-state index contributed by atoms with van der Waals surface area (Å²) in [5, 5.41) is 7.35. The third-order valence-electron chi connectivity index (χ3n) is 4.35. The number of ether oxygens (including phenoxy) is 1. The lowest BCUT2D eigenvalue weighted by Gasteiger charge is -2.26. The summed E-state index contributed by atoms with van der Waals surface area (Å²) < 4.78 is 11.0. The van der Waals surface area contributed by atoms with Crippen LogP contribution in [0.1, 0.15) is 63.3 Å². The fraction of sp³-hybridized carbons (Fsp3) is 0.867. The van der Waals surface area contributed by atoms with Crippen LogP contribution in [0.2, 0.25) is 0 Å². The SMILES string of the molecule is CNC(C)CCc1nc(C(OC)C2CCCCC2)no1. The molecular formula is C15H27N3O2. The predicted molar refractivity (Wildman–Crippen MR) is 77.5 cm³/mol. The number of hydrogen-bond acceptors (Lipinski definition) is 5. The van der Waals surface area contributed by atoms with Gasteiger partial charge in [0.25, 0.3) is 0 Å². The third-order valence-corrected chi connectivity index (χ3v) is 4.35. The number of hydrogen-bond donors (Lipinski definition) is 1. The quantitative estimate of drug-likeness (QED) is 0.832. The molecule has 0 bridgehead atoms. The van der Waals surface area contributed by atoms with E-state index >= 15 is 0 Å². The first-order valence-corrected chi connectivity index (χ1v) is 7.77. The van der Waals surface area contributed by atoms with E-state index in [1.165, 1.54) is 32.1 Å². The Morgan fingerprint density at radius 3 is 2.75 bits per heavy atom. The van der Waals surface area contributed by atoms with Crippen molar-refractivity contribution in [3.05, 3.63) is 11.7 Å². The van der Waals surface area contributed by atoms with E-state index in [1.807, 2.05) is 7.05 Å². The highest BCUT2D eigenvalue weighted by atomic mass is 16.5. The van der Waals surface area contributed by atoms with Crippen LogP contribution >= 0.6 is 0 Å². The van der Waals surface area contributed by atoms with Gasteiger partial charge in [-0.2, -0.15) is 4.98 Å². The smallest absolute Gasteiger partial charge is 0.226 e. The molecule has 114 valence electrons. The molecule has 0 aromatic carbocycles. The molecule has 0 amide bonds. The van der Waals surface area contributed by atoms with Crippen molar-refractivity contribution in [1.29, 1.82) is 0 Å². The molecule has 2 rings (SSSR count). The van der Waals surface area contributed by atoms with Gasteiger partial charge in [-0.05, 0) is 39.2 Å². The van der Waals surface area contributed by atoms with E-state index < -0.39 is 0 Å². The van der Waals surface area contributed by atoms with E-state index in [-0.39, 0.29) is 6.10 Å². The molecular weight excluding hydrogens is 254 g/mol. The van der Waals surface area contributed by atoms with Gasteiger partial charge in [-0.1, -0.05) is 24.4 Å². The van der Waals surface area contributed by atoms with Crippen LogP contribution < -0.4 is 5.32 Å². The van der Waals surface area contributed by atoms with Gasteiger partial charge >= 0.3 is 0 Å². The van der Waals surface area contributed by atoms with E-state index in [0.29, 0.717) is 12.0 Å². The molecule has 5 nitrogen and oxygen atoms in total. The average molecular weight is 281 g/mol. The average Bonchev–Trinajstić information content (AvgIpc) is 2.95. The summed E-state index contributed by atoms with van der Waals surface area (Å²) >= 11 is 0. The van der Waals surface area contributed by atoms with Gasteiger partial charge in [0.2, 0.25) is 11.7 Å². The van der Waals surface area contributed by atoms with Crippen LogP contribution in [-0.4, -0.2) is 30.3 Å². The summed E-state index contributed by atoms with van der Waals surface area (Å²) in [7, 11) is 3.71. The molecule has 5 heteroatoms. The number of nitrogens with one attached hydrogen (secondary N) is 1. The van der Waals surface area contributed by atoms with Gasteiger partial charge in [0.15, 0.2) is 0 Å². The van der Waals surface area contributed by atoms with Gasteiger partial charge in [-0.3, -0.25) is 0 Å². The van der Waals surface area contributed by atoms with Crippen LogP contribution in [0.4, 0.5) is 0 Å². The summed E-state index contributed by atoms with van der Waals surface area (Å²) in [5.41, 5.74) is 0. The molecule has 0 saturated heterocycles. The van der Waals surface area contributed by atoms with Crippen molar-refractivity contribution in [2.75, 3.05) is 14.2 Å². The molecule has 1 aromatic heterocycles. The molecule has 1 saturated carbocycles. The molecule has 1 aliphatic rings. The number of rotatable bonds is 7. The molecule has 0 spiro atoms. The topological polar surface area (TPSA) is 60.2 Å². The Morgan fingerprint density at radius 2 is 2.10 bits per heavy atom. The van der Waals surface area contributed by atoms with Crippen LogP contribution in [0.15, 0.2) is 4.52 Å². The zero-order chi connectivity index (χ0) is 14.4. The molecule has 2 atom stereocenters. The van der Waals surface area contributed by atoms with E-state index in [4.69, 9.17) is 9.26 Å². The highest BCUT2D eigenvalue weighted by Crippen LogP contribution is 2.35. The number of methoxy groups -OCH3 is 1. The molecule has 1 N–H and O–H groups in total. The highest BCUT2D eigenvalue weighted by molar-refractivity contribution is 4.95. The van der Waals surface area contributed by atoms with Crippen LogP contribution in [0.25, 0.3) is 0 Å². The number of aromatic nitrogens is 2. The number of nitrogens with zero attached hydrogens (tertiary/aromatic N) is 2. The Hall–Kier alpha value is -0.940. The first-order valence-electron chi connectivity index (χ1n) is 7.77. The second kappa shape index (κ2) is 7.74. The second-order valence-corrected chi connectivity index (χ2v) is 5.83. The zero-order valence-electron chi connectivity index (χ0n) is 12.9. The fourth-order valence-corrected chi connectivity index (χ4v) is 2.92. The van der Waals surface area contributed by atoms with Gasteiger partial charge in [0.1, 0.15) is 6.10 Å². The maximum Gasteiger partial charge on any atom is 0.226 e. The minimum absolute atomic E-state index is 0.00507. The Labute approximate surface area is 121 Å². The lowest BCUT2D eigenvalue weighted by molar-refractivity contribution is 0.0273. The molecule has 20 heavy (non-hydrogen) atoms. The Bertz CT molecular complexity index is 388. The van der Waals surface area contributed by atoms with Crippen LogP contribution in [0, 0.1) is 5.92 Å². The maximum atomic E-state index is 5.64. The molecule has 1 aliphatic carbocycles. The van der Waals surface area contributed by atoms with Crippen molar-refractivity contribution in [3.8, 4) is 0 Å². The second-order valence-electron chi connectivity index (χ2n) is 5.83. The van der Waals surface area contributed by atoms with Crippen molar-refractivity contribution >= 4 is 0 Å². The van der Waals surface area contributed by atoms with Gasteiger partial charge < -0.3 is 14.6 Å². The molecule has 1 fully saturated rings. The highest BCUT2D eigenvalue weighted by Gasteiger charge is 2.28. The molecule has 1 aromatic rings. The first-order chi connectivity index (χ1) is 9.74. The Morgan fingerprint density at radius 1 is 1.35 bits per heavy atom. The molecule has 0 radical (unpaired) electrons. The molecule has 2 unspecified atom stereocenters. The predicted octanol–water partition coefficient (Wildman–Crippen LogP) is 2.88. The summed E-state index contributed by atoms with van der Waals surface area (Å²) in [5.74, 6) is 1.99. The third kappa shape index (κ3) is 4.03. The lowest BCUT2D eigenvalue weighted by atomic mass is 9.85. The van der Waals surface area contributed by atoms with Crippen LogP contribution in [-0.2, 0) is 11.2 Å². The molecule has 1 heterocycles. The Kier molecular flexibility index (Phi) is 5.98. The minimum atomic E-state index is -0.00507. The van der Waals surface area contributed by atoms with Gasteiger partial charge in [0, 0.05) is 19.6 Å². The largest absolute Gasteiger partial charge is 0.373 e. The van der Waals surface area contributed by atoms with Gasteiger partial charge in [-0.25, -0.2) is 0 Å². The maximum absolute atomic E-state index is 5.64. The van der Waals surface area contributed by atoms with Crippen LogP contribution in [0.5, 0.6) is 0 Å². The summed E-state index contributed by atoms with van der Waals surface area (Å²) in [6, 6.07) is 0.460. The van der Waals surface area contributed by atoms with Crippen molar-refractivity contribution in [3.63, 3.8) is 0 Å². The fourth-order valence-electron chi connectivity index (χ4n) is 2.92. The van der Waals surface area contributed by atoms with Crippen molar-refractivity contribution in [2.45, 2.75) is 64.0 Å². The molecule has 0 aliphatic heterocycles. The summed E-state index contributed by atoms with van der Waals surface area (Å²) in [6.07, 6.45) is 8.14. The summed E-state index contributed by atoms with van der Waals surface area (Å²) in [6.45, 7) is 2.15. The van der Waals surface area contributed by atoms with Gasteiger partial charge in [0.05, 0.1) is 0 Å². The van der Waals surface area contributed by atoms with Crippen molar-refractivity contribution in [1.82, 2.24) is 15.5 Å². The standard InChI is InChI=1S/C15H27N3O2/c1-11(16-2)9-10-13-17-15(18-20-13)14(19-3)12-7-5-4-6-8-12/h11-12,14,16H,4-10H2,1-3H3. The van der Waals surface area contributed by atoms with E-state index in [2.05, 4.69) is 22.4 Å². The normalized spacial score (nSPS) is 19.9.